The van der Waals surface area contributed by atoms with Gasteiger partial charge in [0.2, 0.25) is 0 Å². The molecule has 38 heteroatoms. The molecule has 0 aliphatic carbocycles. The van der Waals surface area contributed by atoms with Gasteiger partial charge in [-0.1, -0.05) is 28.3 Å². The molecule has 0 heterocycles. The lowest BCUT2D eigenvalue weighted by Crippen LogP contribution is -2.15. The molecule has 0 atom stereocenters. The van der Waals surface area contributed by atoms with E-state index in [-0.39, 0.29) is 57.5 Å². The standard InChI is InChI=1S/C37H37N9O22S7/c38-32-34(44-41-23-6-8-24(9-7-23)69-66-61-15-14-40-22-4-2-1-3-5-22)31(37(47)48)35(45-42-27-12-10-25(20-29(27)70-67-64-49)72(51,52)18-16-62-74(55,56)57)33(39)36(32)46-43-28-13-11-26(21-30(28)71-68-65-50)73(53,54)19-17-63-75(58,59)60/h1-13,20-21,40,49-50H,14-19,38-39H2,(H,47,48)(H,55,56,57)(H,58,59,60). The summed E-state index contributed by atoms with van der Waals surface area (Å²) in [5.41, 5.74) is 9.40. The van der Waals surface area contributed by atoms with E-state index < -0.39 is 115 Å². The molecule has 31 nitrogen and oxygen atoms in total. The third kappa shape index (κ3) is 18.7. The molecule has 0 radical (unpaired) electrons. The Bertz CT molecular complexity index is 3360. The first kappa shape index (κ1) is 60.0. The summed E-state index contributed by atoms with van der Waals surface area (Å²) >= 11 is 1.24. The topological polar surface area (TPSA) is 467 Å². The largest absolute Gasteiger partial charge is 0.478 e. The maximum Gasteiger partial charge on any atom is 0.397 e. The molecule has 5 aromatic carbocycles. The van der Waals surface area contributed by atoms with Crippen molar-refractivity contribution < 1.29 is 99.5 Å². The number of rotatable bonds is 30. The minimum absolute atomic E-state index is 0.131. The number of hydrogen-bond donors (Lipinski definition) is 8. The van der Waals surface area contributed by atoms with Gasteiger partial charge in [-0.25, -0.2) is 45.4 Å². The van der Waals surface area contributed by atoms with E-state index in [1.807, 2.05) is 30.3 Å². The first-order chi connectivity index (χ1) is 35.5. The van der Waals surface area contributed by atoms with Crippen molar-refractivity contribution >= 4 is 134 Å². The van der Waals surface area contributed by atoms with Crippen LogP contribution in [0.2, 0.25) is 0 Å². The minimum Gasteiger partial charge on any atom is -0.478 e. The van der Waals surface area contributed by atoms with Crippen LogP contribution in [0.25, 0.3) is 0 Å². The van der Waals surface area contributed by atoms with Gasteiger partial charge in [0.15, 0.2) is 19.7 Å². The van der Waals surface area contributed by atoms with Crippen molar-refractivity contribution in [3.05, 3.63) is 96.6 Å². The first-order valence-corrected chi connectivity index (χ1v) is 28.1. The average Bonchev–Trinajstić information content (AvgIpc) is 3.35. The second kappa shape index (κ2) is 27.8. The lowest BCUT2D eigenvalue weighted by atomic mass is 10.1. The Morgan fingerprint density at radius 2 is 1.05 bits per heavy atom. The van der Waals surface area contributed by atoms with Crippen molar-refractivity contribution in [3.8, 4) is 0 Å². The molecule has 0 spiro atoms. The second-order valence-corrected chi connectivity index (χ2v) is 22.4. The second-order valence-electron chi connectivity index (χ2n) is 13.8. The summed E-state index contributed by atoms with van der Waals surface area (Å²) in [5.74, 6) is -3.68. The van der Waals surface area contributed by atoms with Crippen LogP contribution in [-0.2, 0) is 76.8 Å². The SMILES string of the molecule is Nc1c(N=Nc2ccc(S(=O)(=O)CCOS(=O)(=O)O)cc2SOOO)c(N)c(N=Nc2ccc(S(=O)(=O)CCOS(=O)(=O)O)cc2SOOO)c(C(=O)O)c1N=Nc1ccc(SOOCCNc2ccccc2)cc1. The van der Waals surface area contributed by atoms with E-state index in [2.05, 4.69) is 63.1 Å². The molecule has 0 saturated heterocycles. The highest BCUT2D eigenvalue weighted by atomic mass is 32.3. The summed E-state index contributed by atoms with van der Waals surface area (Å²) in [5, 5.41) is 63.1. The van der Waals surface area contributed by atoms with Crippen LogP contribution in [0.1, 0.15) is 10.4 Å². The number of para-hydroxylation sites is 1. The van der Waals surface area contributed by atoms with E-state index in [0.29, 0.717) is 11.4 Å². The molecule has 0 aliphatic heterocycles. The highest BCUT2D eigenvalue weighted by molar-refractivity contribution is 7.95. The van der Waals surface area contributed by atoms with E-state index in [1.54, 1.807) is 12.1 Å². The molecule has 0 amide bonds. The molecule has 0 aliphatic rings. The lowest BCUT2D eigenvalue weighted by Gasteiger charge is -2.14. The number of sulfone groups is 2. The van der Waals surface area contributed by atoms with Crippen molar-refractivity contribution in [1.82, 2.24) is 0 Å². The van der Waals surface area contributed by atoms with E-state index in [9.17, 15) is 43.6 Å². The highest BCUT2D eigenvalue weighted by Crippen LogP contribution is 2.50. The van der Waals surface area contributed by atoms with Crippen molar-refractivity contribution in [3.63, 3.8) is 0 Å². The molecule has 75 heavy (non-hydrogen) atoms. The summed E-state index contributed by atoms with van der Waals surface area (Å²) in [6.45, 7) is -1.34. The molecule has 0 fully saturated rings. The van der Waals surface area contributed by atoms with Crippen LogP contribution in [-0.4, -0.2) is 102 Å². The maximum atomic E-state index is 13.1. The zero-order valence-electron chi connectivity index (χ0n) is 37.3. The van der Waals surface area contributed by atoms with Crippen LogP contribution in [0, 0.1) is 0 Å². The van der Waals surface area contributed by atoms with Gasteiger partial charge in [0.25, 0.3) is 0 Å². The fourth-order valence-electron chi connectivity index (χ4n) is 5.56. The minimum atomic E-state index is -5.00. The van der Waals surface area contributed by atoms with Gasteiger partial charge in [0.1, 0.15) is 40.6 Å². The van der Waals surface area contributed by atoms with Gasteiger partial charge in [-0.3, -0.25) is 9.11 Å². The zero-order chi connectivity index (χ0) is 54.8. The monoisotopic (exact) mass is 1180 g/mol. The zero-order valence-corrected chi connectivity index (χ0v) is 43.0. The van der Waals surface area contributed by atoms with E-state index in [1.165, 1.54) is 12.1 Å². The third-order valence-electron chi connectivity index (χ3n) is 8.85. The summed E-state index contributed by atoms with van der Waals surface area (Å²) < 4.78 is 136. The number of anilines is 3. The fourth-order valence-corrected chi connectivity index (χ4v) is 10.1. The Labute approximate surface area is 437 Å². The molecule has 0 aromatic heterocycles. The van der Waals surface area contributed by atoms with Crippen LogP contribution in [0.5, 0.6) is 0 Å². The van der Waals surface area contributed by atoms with E-state index in [0.717, 1.165) is 54.1 Å². The number of nitrogen functional groups attached to an aromatic ring is 2. The Hall–Kier alpha value is -5.86. The molecule has 0 unspecified atom stereocenters. The van der Waals surface area contributed by atoms with Crippen LogP contribution >= 0.6 is 36.1 Å². The summed E-state index contributed by atoms with van der Waals surface area (Å²) in [7, 11) is -18.7. The number of azo groups is 3. The summed E-state index contributed by atoms with van der Waals surface area (Å²) in [6.07, 6.45) is 0. The maximum absolute atomic E-state index is 13.1. The number of aromatic carboxylic acids is 1. The first-order valence-electron chi connectivity index (χ1n) is 19.9. The number of carbonyl (C=O) groups is 1. The van der Waals surface area contributed by atoms with E-state index in [4.69, 9.17) is 40.3 Å². The Balaban J connectivity index is 1.56. The van der Waals surface area contributed by atoms with Crippen LogP contribution in [0.4, 0.5) is 51.2 Å². The molecular weight excluding hydrogens is 1150 g/mol. The van der Waals surface area contributed by atoms with Crippen LogP contribution in [0.15, 0.2) is 146 Å². The normalized spacial score (nSPS) is 12.6. The number of benzene rings is 5. The predicted molar refractivity (Wildman–Crippen MR) is 262 cm³/mol. The summed E-state index contributed by atoms with van der Waals surface area (Å²) in [6, 6.07) is 21.3. The van der Waals surface area contributed by atoms with Gasteiger partial charge in [0, 0.05) is 17.1 Å². The number of nitrogens with zero attached hydrogens (tertiary/aromatic N) is 6. The quantitative estimate of drug-likeness (QED) is 0.00411. The van der Waals surface area contributed by atoms with Crippen molar-refractivity contribution in [1.29, 1.82) is 0 Å². The average molecular weight is 1180 g/mol. The van der Waals surface area contributed by atoms with Gasteiger partial charge >= 0.3 is 26.8 Å². The van der Waals surface area contributed by atoms with Crippen LogP contribution < -0.4 is 16.8 Å². The van der Waals surface area contributed by atoms with E-state index >= 15 is 0 Å². The Kier molecular flexibility index (Phi) is 22.2. The smallest absolute Gasteiger partial charge is 0.397 e. The number of hydrogen-bond acceptors (Lipinski definition) is 31. The summed E-state index contributed by atoms with van der Waals surface area (Å²) in [4.78, 5) is 17.3. The van der Waals surface area contributed by atoms with Crippen molar-refractivity contribution in [2.45, 2.75) is 24.5 Å². The van der Waals surface area contributed by atoms with Gasteiger partial charge in [-0.2, -0.15) is 26.3 Å². The van der Waals surface area contributed by atoms with Gasteiger partial charge in [-0.15, -0.1) is 34.2 Å². The van der Waals surface area contributed by atoms with Crippen LogP contribution in [0.3, 0.4) is 0 Å². The van der Waals surface area contributed by atoms with Crippen molar-refractivity contribution in [2.75, 3.05) is 54.7 Å². The number of carboxylic acid groups (broad SMARTS) is 1. The lowest BCUT2D eigenvalue weighted by molar-refractivity contribution is -0.432. The Morgan fingerprint density at radius 1 is 0.573 bits per heavy atom. The fraction of sp³-hybridized carbons (Fsp3) is 0.162. The third-order valence-corrected chi connectivity index (χ3v) is 15.0. The highest BCUT2D eigenvalue weighted by Gasteiger charge is 2.28. The predicted octanol–water partition coefficient (Wildman–Crippen LogP) is 7.91. The molecular formula is C37H37N9O22S7. The molecule has 5 aromatic rings. The number of nitrogens with two attached hydrogens (primary N) is 2. The van der Waals surface area contributed by atoms with Gasteiger partial charge in [-0.05, 0) is 72.8 Å². The molecule has 0 bridgehead atoms. The molecule has 0 saturated carbocycles. The molecule has 10 N–H and O–H groups in total. The van der Waals surface area contributed by atoms with Gasteiger partial charge < -0.3 is 21.9 Å². The number of nitrogens with one attached hydrogen (secondary N) is 1. The Morgan fingerprint density at radius 3 is 1.52 bits per heavy atom. The molecule has 5 rings (SSSR count). The van der Waals surface area contributed by atoms with Gasteiger partial charge in [0.05, 0.1) is 97.5 Å². The molecule has 404 valence electrons. The number of carboxylic acids is 1. The van der Waals surface area contributed by atoms with Crippen molar-refractivity contribution in [2.24, 2.45) is 30.7 Å².